The normalized spacial score (nSPS) is 21.8. The van der Waals surface area contributed by atoms with E-state index in [0.29, 0.717) is 22.7 Å². The minimum Gasteiger partial charge on any atom is -0.488 e. The predicted octanol–water partition coefficient (Wildman–Crippen LogP) is 9.11. The number of aliphatic imine (C=N–C) groups is 1. The van der Waals surface area contributed by atoms with Crippen LogP contribution in [-0.2, 0) is 11.4 Å². The van der Waals surface area contributed by atoms with E-state index in [0.717, 1.165) is 56.2 Å². The van der Waals surface area contributed by atoms with Gasteiger partial charge in [-0.15, -0.1) is 0 Å². The van der Waals surface area contributed by atoms with E-state index in [2.05, 4.69) is 28.7 Å². The minimum absolute atomic E-state index is 0.110. The molecule has 1 saturated heterocycles. The van der Waals surface area contributed by atoms with Crippen LogP contribution in [0.4, 0.5) is 0 Å². The van der Waals surface area contributed by atoms with Crippen LogP contribution in [0.15, 0.2) is 46.3 Å². The second kappa shape index (κ2) is 12.8. The zero-order valence-corrected chi connectivity index (χ0v) is 25.2. The molecule has 0 bridgehead atoms. The van der Waals surface area contributed by atoms with Gasteiger partial charge in [-0.3, -0.25) is 14.7 Å². The summed E-state index contributed by atoms with van der Waals surface area (Å²) < 4.78 is 7.01. The van der Waals surface area contributed by atoms with Crippen LogP contribution in [0, 0.1) is 3.57 Å². The lowest BCUT2D eigenvalue weighted by Gasteiger charge is -2.31. The van der Waals surface area contributed by atoms with Crippen LogP contribution in [-0.4, -0.2) is 28.1 Å². The van der Waals surface area contributed by atoms with Crippen molar-refractivity contribution >= 4 is 74.7 Å². The van der Waals surface area contributed by atoms with Gasteiger partial charge in [0, 0.05) is 21.7 Å². The Labute approximate surface area is 247 Å². The molecule has 5 rings (SSSR count). The average Bonchev–Trinajstić information content (AvgIpc) is 3.19. The Kier molecular flexibility index (Phi) is 9.43. The van der Waals surface area contributed by atoms with Gasteiger partial charge in [-0.05, 0) is 95.9 Å². The van der Waals surface area contributed by atoms with E-state index in [9.17, 15) is 4.79 Å². The molecule has 0 unspecified atom stereocenters. The monoisotopic (exact) mass is 668 g/mol. The first kappa shape index (κ1) is 27.4. The summed E-state index contributed by atoms with van der Waals surface area (Å²) in [7, 11) is 0. The highest BCUT2D eigenvalue weighted by molar-refractivity contribution is 14.1. The molecule has 8 heteroatoms. The SMILES string of the molecule is O=C1C(=Cc2ccc(OCc3ccc(Cl)cc3Cl)c(I)c2)SC(=NC2CCCCC2)N1C1CCCCC1. The number of hydrogen-bond donors (Lipinski definition) is 0. The largest absolute Gasteiger partial charge is 0.488 e. The van der Waals surface area contributed by atoms with E-state index in [1.807, 2.05) is 35.2 Å². The third kappa shape index (κ3) is 6.87. The van der Waals surface area contributed by atoms with Gasteiger partial charge >= 0.3 is 0 Å². The summed E-state index contributed by atoms with van der Waals surface area (Å²) in [6.45, 7) is 0.359. The Bertz CT molecular complexity index is 1210. The molecule has 2 aliphatic carbocycles. The lowest BCUT2D eigenvalue weighted by Crippen LogP contribution is -2.41. The number of ether oxygens (including phenoxy) is 1. The molecule has 196 valence electrons. The number of halogens is 3. The molecule has 1 heterocycles. The van der Waals surface area contributed by atoms with Crippen molar-refractivity contribution in [1.29, 1.82) is 0 Å². The Morgan fingerprint density at radius 1 is 1.00 bits per heavy atom. The maximum absolute atomic E-state index is 13.6. The average molecular weight is 669 g/mol. The van der Waals surface area contributed by atoms with E-state index < -0.39 is 0 Å². The van der Waals surface area contributed by atoms with Crippen LogP contribution >= 0.6 is 57.6 Å². The summed E-state index contributed by atoms with van der Waals surface area (Å²) >= 11 is 16.1. The molecule has 2 saturated carbocycles. The zero-order valence-electron chi connectivity index (χ0n) is 20.7. The van der Waals surface area contributed by atoms with E-state index in [1.54, 1.807) is 17.8 Å². The highest BCUT2D eigenvalue weighted by Crippen LogP contribution is 2.39. The fraction of sp³-hybridized carbons (Fsp3) is 0.448. The molecule has 0 atom stereocenters. The van der Waals surface area contributed by atoms with Crippen LogP contribution in [0.1, 0.15) is 75.3 Å². The van der Waals surface area contributed by atoms with Crippen LogP contribution < -0.4 is 4.74 Å². The van der Waals surface area contributed by atoms with Crippen LogP contribution in [0.25, 0.3) is 6.08 Å². The fourth-order valence-corrected chi connectivity index (χ4v) is 7.54. The molecule has 1 aliphatic heterocycles. The van der Waals surface area contributed by atoms with Crippen LogP contribution in [0.3, 0.4) is 0 Å². The lowest BCUT2D eigenvalue weighted by atomic mass is 9.94. The predicted molar refractivity (Wildman–Crippen MR) is 164 cm³/mol. The van der Waals surface area contributed by atoms with Crippen molar-refractivity contribution in [2.24, 2.45) is 4.99 Å². The van der Waals surface area contributed by atoms with E-state index in [4.69, 9.17) is 32.9 Å². The van der Waals surface area contributed by atoms with Gasteiger partial charge < -0.3 is 4.74 Å². The molecule has 4 nitrogen and oxygen atoms in total. The summed E-state index contributed by atoms with van der Waals surface area (Å²) in [6, 6.07) is 12.1. The summed E-state index contributed by atoms with van der Waals surface area (Å²) in [6.07, 6.45) is 13.9. The molecule has 0 spiro atoms. The Hall–Kier alpha value is -1.22. The van der Waals surface area contributed by atoms with Gasteiger partial charge in [-0.2, -0.15) is 0 Å². The highest BCUT2D eigenvalue weighted by Gasteiger charge is 2.39. The second-order valence-corrected chi connectivity index (χ2v) is 13.0. The van der Waals surface area contributed by atoms with Crippen molar-refractivity contribution in [3.05, 3.63) is 66.0 Å². The van der Waals surface area contributed by atoms with Crippen molar-refractivity contribution in [3.8, 4) is 5.75 Å². The smallest absolute Gasteiger partial charge is 0.266 e. The maximum Gasteiger partial charge on any atom is 0.266 e. The van der Waals surface area contributed by atoms with Gasteiger partial charge in [0.2, 0.25) is 0 Å². The summed E-state index contributed by atoms with van der Waals surface area (Å²) in [4.78, 5) is 21.6. The third-order valence-electron chi connectivity index (χ3n) is 7.30. The van der Waals surface area contributed by atoms with Gasteiger partial charge in [0.05, 0.1) is 14.5 Å². The Morgan fingerprint density at radius 3 is 2.43 bits per heavy atom. The van der Waals surface area contributed by atoms with E-state index >= 15 is 0 Å². The van der Waals surface area contributed by atoms with Gasteiger partial charge in [-0.1, -0.05) is 73.9 Å². The van der Waals surface area contributed by atoms with Crippen molar-refractivity contribution in [3.63, 3.8) is 0 Å². The summed E-state index contributed by atoms with van der Waals surface area (Å²) in [5, 5.41) is 2.12. The van der Waals surface area contributed by atoms with Crippen molar-refractivity contribution in [1.82, 2.24) is 4.90 Å². The first-order valence-electron chi connectivity index (χ1n) is 13.1. The number of amides is 1. The van der Waals surface area contributed by atoms with Gasteiger partial charge in [0.25, 0.3) is 5.91 Å². The molecule has 2 aromatic rings. The third-order valence-corrected chi connectivity index (χ3v) is 9.72. The molecule has 0 N–H and O–H groups in total. The quantitative estimate of drug-likeness (QED) is 0.228. The lowest BCUT2D eigenvalue weighted by molar-refractivity contribution is -0.124. The van der Waals surface area contributed by atoms with E-state index in [1.165, 1.54) is 38.5 Å². The summed E-state index contributed by atoms with van der Waals surface area (Å²) in [5.41, 5.74) is 1.87. The molecule has 37 heavy (non-hydrogen) atoms. The Morgan fingerprint density at radius 2 is 1.73 bits per heavy atom. The van der Waals surface area contributed by atoms with Crippen molar-refractivity contribution in [2.45, 2.75) is 82.9 Å². The molecule has 3 aliphatic rings. The summed E-state index contributed by atoms with van der Waals surface area (Å²) in [5.74, 6) is 0.890. The fourth-order valence-electron chi connectivity index (χ4n) is 5.27. The van der Waals surface area contributed by atoms with Gasteiger partial charge in [0.1, 0.15) is 12.4 Å². The second-order valence-electron chi connectivity index (χ2n) is 10.00. The first-order valence-corrected chi connectivity index (χ1v) is 15.8. The van der Waals surface area contributed by atoms with Gasteiger partial charge in [-0.25, -0.2) is 0 Å². The topological polar surface area (TPSA) is 41.9 Å². The zero-order chi connectivity index (χ0) is 25.8. The number of amidine groups is 1. The van der Waals surface area contributed by atoms with E-state index in [-0.39, 0.29) is 11.9 Å². The molecular weight excluding hydrogens is 638 g/mol. The number of hydrogen-bond acceptors (Lipinski definition) is 4. The molecule has 0 radical (unpaired) electrons. The van der Waals surface area contributed by atoms with Gasteiger partial charge in [0.15, 0.2) is 5.17 Å². The number of benzene rings is 2. The standard InChI is InChI=1S/C29H31Cl2IN2O2S/c30-21-13-12-20(24(31)17-21)18-36-26-14-11-19(15-25(26)32)16-27-28(35)34(23-9-5-2-6-10-23)29(37-27)33-22-7-3-1-4-8-22/h11-17,22-23H,1-10,18H2. The van der Waals surface area contributed by atoms with Crippen molar-refractivity contribution in [2.75, 3.05) is 0 Å². The molecule has 0 aromatic heterocycles. The van der Waals surface area contributed by atoms with Crippen molar-refractivity contribution < 1.29 is 9.53 Å². The minimum atomic E-state index is 0.110. The number of carbonyl (C=O) groups excluding carboxylic acids is 1. The molecule has 2 aromatic carbocycles. The first-order chi connectivity index (χ1) is 18.0. The Balaban J connectivity index is 1.33. The highest BCUT2D eigenvalue weighted by atomic mass is 127. The van der Waals surface area contributed by atoms with Crippen LogP contribution in [0.2, 0.25) is 10.0 Å². The number of carbonyl (C=O) groups is 1. The molecule has 3 fully saturated rings. The number of rotatable bonds is 6. The maximum atomic E-state index is 13.6. The number of nitrogens with zero attached hydrogens (tertiary/aromatic N) is 2. The molecule has 1 amide bonds. The number of thioether (sulfide) groups is 1. The molecular formula is C29H31Cl2IN2O2S. The van der Waals surface area contributed by atoms with Crippen LogP contribution in [0.5, 0.6) is 5.75 Å².